The van der Waals surface area contributed by atoms with Crippen LogP contribution >= 0.6 is 0 Å². The van der Waals surface area contributed by atoms with Gasteiger partial charge in [-0.3, -0.25) is 14.6 Å². The molecule has 2 N–H and O–H groups in total. The lowest BCUT2D eigenvalue weighted by molar-refractivity contribution is -0.137. The fraction of sp³-hybridized carbons (Fsp3) is 0.350. The second-order valence-electron chi connectivity index (χ2n) is 6.44. The molecule has 2 aromatic rings. The number of carbonyl (C=O) groups is 2. The van der Waals surface area contributed by atoms with Crippen LogP contribution in [0.25, 0.3) is 0 Å². The molecule has 1 heterocycles. The Morgan fingerprint density at radius 2 is 1.92 bits per heavy atom. The van der Waals surface area contributed by atoms with Crippen molar-refractivity contribution in [3.63, 3.8) is 0 Å². The van der Waals surface area contributed by atoms with Gasteiger partial charge in [-0.15, -0.1) is 0 Å². The maximum Gasteiger partial charge on any atom is 0.236 e. The van der Waals surface area contributed by atoms with E-state index in [0.717, 1.165) is 17.0 Å². The lowest BCUT2D eigenvalue weighted by Gasteiger charge is -2.15. The summed E-state index contributed by atoms with van der Waals surface area (Å²) in [7, 11) is 1.63. The topological polar surface area (TPSA) is 80.3 Å². The Kier molecular flexibility index (Phi) is 5.51. The Morgan fingerprint density at radius 3 is 2.62 bits per heavy atom. The van der Waals surface area contributed by atoms with Crippen molar-refractivity contribution in [2.24, 2.45) is 5.41 Å². The van der Waals surface area contributed by atoms with Crippen molar-refractivity contribution in [2.75, 3.05) is 13.7 Å². The van der Waals surface area contributed by atoms with Crippen LogP contribution in [0.1, 0.15) is 24.1 Å². The molecule has 3 rings (SSSR count). The molecule has 0 radical (unpaired) electrons. The second kappa shape index (κ2) is 7.99. The molecule has 0 spiro atoms. The largest absolute Gasteiger partial charge is 0.497 e. The van der Waals surface area contributed by atoms with Crippen LogP contribution in [0.15, 0.2) is 48.7 Å². The van der Waals surface area contributed by atoms with E-state index in [1.54, 1.807) is 13.3 Å². The first kappa shape index (κ1) is 17.9. The van der Waals surface area contributed by atoms with Crippen LogP contribution < -0.4 is 15.4 Å². The molecule has 0 saturated heterocycles. The van der Waals surface area contributed by atoms with E-state index in [1.165, 1.54) is 0 Å². The third kappa shape index (κ3) is 4.20. The van der Waals surface area contributed by atoms with Gasteiger partial charge in [-0.2, -0.15) is 0 Å². The maximum atomic E-state index is 12.5. The van der Waals surface area contributed by atoms with Crippen molar-refractivity contribution < 1.29 is 14.3 Å². The van der Waals surface area contributed by atoms with Gasteiger partial charge >= 0.3 is 0 Å². The van der Waals surface area contributed by atoms with Gasteiger partial charge in [0.1, 0.15) is 11.2 Å². The van der Waals surface area contributed by atoms with E-state index >= 15 is 0 Å². The van der Waals surface area contributed by atoms with E-state index < -0.39 is 5.41 Å². The van der Waals surface area contributed by atoms with Crippen molar-refractivity contribution in [3.05, 3.63) is 59.9 Å². The molecular formula is C20H23N3O3. The summed E-state index contributed by atoms with van der Waals surface area (Å²) in [5.41, 5.74) is 0.938. The molecule has 1 aromatic heterocycles. The normalized spacial score (nSPS) is 14.3. The fourth-order valence-electron chi connectivity index (χ4n) is 2.84. The number of methoxy groups -OCH3 is 1. The number of benzene rings is 1. The van der Waals surface area contributed by atoms with Crippen molar-refractivity contribution in [1.29, 1.82) is 0 Å². The molecule has 1 saturated carbocycles. The number of nitrogens with zero attached hydrogens (tertiary/aromatic N) is 1. The predicted octanol–water partition coefficient (Wildman–Crippen LogP) is 1.85. The summed E-state index contributed by atoms with van der Waals surface area (Å²) in [5.74, 6) is 0.377. The van der Waals surface area contributed by atoms with Crippen molar-refractivity contribution in [3.8, 4) is 5.75 Å². The summed E-state index contributed by atoms with van der Waals surface area (Å²) in [4.78, 5) is 29.1. The summed E-state index contributed by atoms with van der Waals surface area (Å²) in [5, 5.41) is 5.72. The van der Waals surface area contributed by atoms with Crippen molar-refractivity contribution in [1.82, 2.24) is 15.6 Å². The molecule has 1 aliphatic rings. The molecule has 1 aromatic carbocycles. The summed E-state index contributed by atoms with van der Waals surface area (Å²) >= 11 is 0. The third-order valence-corrected chi connectivity index (χ3v) is 4.61. The van der Waals surface area contributed by atoms with Crippen LogP contribution in [0.2, 0.25) is 0 Å². The molecule has 6 heteroatoms. The summed E-state index contributed by atoms with van der Waals surface area (Å²) in [6.07, 6.45) is 3.55. The van der Waals surface area contributed by atoms with E-state index in [9.17, 15) is 9.59 Å². The minimum absolute atomic E-state index is 0.195. The number of nitrogens with one attached hydrogen (secondary N) is 2. The van der Waals surface area contributed by atoms with E-state index in [2.05, 4.69) is 15.6 Å². The number of amides is 2. The average molecular weight is 353 g/mol. The van der Waals surface area contributed by atoms with Crippen LogP contribution in [0.4, 0.5) is 0 Å². The zero-order valence-corrected chi connectivity index (χ0v) is 14.8. The highest BCUT2D eigenvalue weighted by Gasteiger charge is 2.56. The Labute approximate surface area is 153 Å². The summed E-state index contributed by atoms with van der Waals surface area (Å²) in [6.45, 7) is 0.819. The monoisotopic (exact) mass is 353 g/mol. The quantitative estimate of drug-likeness (QED) is 0.710. The first-order valence-electron chi connectivity index (χ1n) is 8.73. The van der Waals surface area contributed by atoms with Crippen LogP contribution in [-0.2, 0) is 22.6 Å². The number of rotatable bonds is 8. The van der Waals surface area contributed by atoms with Crippen LogP contribution in [0, 0.1) is 5.41 Å². The minimum atomic E-state index is -0.914. The molecule has 1 aliphatic carbocycles. The second-order valence-corrected chi connectivity index (χ2v) is 6.44. The predicted molar refractivity (Wildman–Crippen MR) is 97.5 cm³/mol. The highest BCUT2D eigenvalue weighted by Crippen LogP contribution is 2.46. The lowest BCUT2D eigenvalue weighted by Crippen LogP contribution is -2.43. The molecule has 0 atom stereocenters. The number of ether oxygens (including phenoxy) is 1. The SMILES string of the molecule is COc1cccc(CCNC(=O)C2(C(=O)NCc3ccccn3)CC2)c1. The van der Waals surface area contributed by atoms with E-state index in [4.69, 9.17) is 4.74 Å². The van der Waals surface area contributed by atoms with E-state index in [-0.39, 0.29) is 11.8 Å². The zero-order chi connectivity index (χ0) is 18.4. The molecule has 2 amide bonds. The van der Waals surface area contributed by atoms with Gasteiger partial charge in [0.05, 0.1) is 19.3 Å². The number of hydrogen-bond donors (Lipinski definition) is 2. The molecule has 26 heavy (non-hydrogen) atoms. The van der Waals surface area contributed by atoms with Crippen molar-refractivity contribution in [2.45, 2.75) is 25.8 Å². The van der Waals surface area contributed by atoms with Gasteiger partial charge in [0.15, 0.2) is 0 Å². The van der Waals surface area contributed by atoms with Gasteiger partial charge in [0, 0.05) is 12.7 Å². The minimum Gasteiger partial charge on any atom is -0.497 e. The standard InChI is InChI=1S/C20H23N3O3/c1-26-17-7-4-5-15(13-17)8-12-22-18(24)20(9-10-20)19(25)23-14-16-6-2-3-11-21-16/h2-7,11,13H,8-10,12,14H2,1H3,(H,22,24)(H,23,25). The summed E-state index contributed by atoms with van der Waals surface area (Å²) in [6, 6.07) is 13.3. The third-order valence-electron chi connectivity index (χ3n) is 4.61. The van der Waals surface area contributed by atoms with Gasteiger partial charge < -0.3 is 15.4 Å². The first-order chi connectivity index (χ1) is 12.6. The molecular weight excluding hydrogens is 330 g/mol. The highest BCUT2D eigenvalue weighted by atomic mass is 16.5. The zero-order valence-electron chi connectivity index (χ0n) is 14.8. The fourth-order valence-corrected chi connectivity index (χ4v) is 2.84. The lowest BCUT2D eigenvalue weighted by atomic mass is 10.0. The molecule has 136 valence electrons. The van der Waals surface area contributed by atoms with Gasteiger partial charge in [-0.05, 0) is 49.1 Å². The van der Waals surface area contributed by atoms with Crippen LogP contribution in [-0.4, -0.2) is 30.5 Å². The summed E-state index contributed by atoms with van der Waals surface area (Å²) < 4.78 is 5.20. The smallest absolute Gasteiger partial charge is 0.236 e. The number of carbonyl (C=O) groups excluding carboxylic acids is 2. The molecule has 1 fully saturated rings. The highest BCUT2D eigenvalue weighted by molar-refractivity contribution is 6.07. The van der Waals surface area contributed by atoms with Gasteiger partial charge in [0.25, 0.3) is 0 Å². The molecule has 0 unspecified atom stereocenters. The van der Waals surface area contributed by atoms with Gasteiger partial charge in [0.2, 0.25) is 11.8 Å². The molecule has 0 bridgehead atoms. The van der Waals surface area contributed by atoms with Gasteiger partial charge in [-0.1, -0.05) is 18.2 Å². The number of aromatic nitrogens is 1. The van der Waals surface area contributed by atoms with Crippen LogP contribution in [0.3, 0.4) is 0 Å². The molecule has 6 nitrogen and oxygen atoms in total. The van der Waals surface area contributed by atoms with E-state index in [1.807, 2.05) is 42.5 Å². The van der Waals surface area contributed by atoms with Gasteiger partial charge in [-0.25, -0.2) is 0 Å². The number of pyridine rings is 1. The van der Waals surface area contributed by atoms with Crippen molar-refractivity contribution >= 4 is 11.8 Å². The van der Waals surface area contributed by atoms with E-state index in [0.29, 0.717) is 32.4 Å². The Morgan fingerprint density at radius 1 is 1.12 bits per heavy atom. The Hall–Kier alpha value is -2.89. The first-order valence-corrected chi connectivity index (χ1v) is 8.73. The number of hydrogen-bond acceptors (Lipinski definition) is 4. The average Bonchev–Trinajstić information content (AvgIpc) is 3.49. The van der Waals surface area contributed by atoms with Crippen LogP contribution in [0.5, 0.6) is 5.75 Å². The molecule has 0 aliphatic heterocycles. The Bertz CT molecular complexity index is 773. The maximum absolute atomic E-state index is 12.5. The Balaban J connectivity index is 1.48.